The van der Waals surface area contributed by atoms with E-state index < -0.39 is 29.0 Å². The van der Waals surface area contributed by atoms with E-state index in [0.29, 0.717) is 17.1 Å². The van der Waals surface area contributed by atoms with Crippen molar-refractivity contribution in [3.8, 4) is 17.4 Å². The number of piperazine rings is 1. The number of nitrogens with zero attached hydrogens (tertiary/aromatic N) is 3. The summed E-state index contributed by atoms with van der Waals surface area (Å²) in [7, 11) is 0. The van der Waals surface area contributed by atoms with E-state index in [1.165, 1.54) is 12.5 Å². The third-order valence-corrected chi connectivity index (χ3v) is 7.33. The lowest BCUT2D eigenvalue weighted by Crippen LogP contribution is -2.46. The molecule has 1 aliphatic rings. The SMILES string of the molecule is CC(Cc1ccc(Oc2cc(N3CCN(Cc4ccccc4)CC3)[nH]c(=O)n2)cc1)(Oc1ccc(C(F)(F)F)cc1)C(=O)O. The highest BCUT2D eigenvalue weighted by atomic mass is 19.4. The molecule has 0 spiro atoms. The van der Waals surface area contributed by atoms with Gasteiger partial charge >= 0.3 is 17.8 Å². The van der Waals surface area contributed by atoms with Crippen LogP contribution >= 0.6 is 0 Å². The predicted octanol–water partition coefficient (Wildman–Crippen LogP) is 5.37. The van der Waals surface area contributed by atoms with E-state index in [4.69, 9.17) is 9.47 Å². The fourth-order valence-corrected chi connectivity index (χ4v) is 4.95. The largest absolute Gasteiger partial charge is 0.478 e. The Morgan fingerprint density at radius 2 is 1.55 bits per heavy atom. The number of ether oxygens (including phenoxy) is 2. The van der Waals surface area contributed by atoms with Crippen LogP contribution in [0.5, 0.6) is 17.4 Å². The number of aromatic amines is 1. The minimum Gasteiger partial charge on any atom is -0.478 e. The van der Waals surface area contributed by atoms with Gasteiger partial charge < -0.3 is 19.5 Å². The van der Waals surface area contributed by atoms with Gasteiger partial charge in [0.05, 0.1) is 5.56 Å². The summed E-state index contributed by atoms with van der Waals surface area (Å²) in [6, 6.07) is 22.3. The van der Waals surface area contributed by atoms with Crippen LogP contribution in [0.25, 0.3) is 0 Å². The van der Waals surface area contributed by atoms with Crippen LogP contribution in [0.3, 0.4) is 0 Å². The van der Waals surface area contributed by atoms with Crippen LogP contribution in [0, 0.1) is 0 Å². The Labute approximate surface area is 251 Å². The normalized spacial score (nSPS) is 15.4. The van der Waals surface area contributed by atoms with Crippen LogP contribution in [0.2, 0.25) is 0 Å². The van der Waals surface area contributed by atoms with Crippen molar-refractivity contribution in [2.24, 2.45) is 0 Å². The van der Waals surface area contributed by atoms with Crippen LogP contribution in [-0.4, -0.2) is 57.7 Å². The smallest absolute Gasteiger partial charge is 0.416 e. The quantitative estimate of drug-likeness (QED) is 0.248. The third-order valence-electron chi connectivity index (χ3n) is 7.33. The molecule has 0 radical (unpaired) electrons. The van der Waals surface area contributed by atoms with Gasteiger partial charge in [-0.15, -0.1) is 0 Å². The molecule has 0 saturated carbocycles. The second kappa shape index (κ2) is 12.8. The van der Waals surface area contributed by atoms with Gasteiger partial charge in [0, 0.05) is 45.2 Å². The summed E-state index contributed by atoms with van der Waals surface area (Å²) in [4.78, 5) is 35.6. The highest BCUT2D eigenvalue weighted by molar-refractivity contribution is 5.78. The minimum atomic E-state index is -4.51. The summed E-state index contributed by atoms with van der Waals surface area (Å²) >= 11 is 0. The number of alkyl halides is 3. The molecule has 44 heavy (non-hydrogen) atoms. The Morgan fingerprint density at radius 3 is 2.16 bits per heavy atom. The van der Waals surface area contributed by atoms with Gasteiger partial charge in [-0.2, -0.15) is 18.2 Å². The van der Waals surface area contributed by atoms with Gasteiger partial charge in [-0.25, -0.2) is 9.59 Å². The zero-order valence-electron chi connectivity index (χ0n) is 23.9. The molecule has 0 bridgehead atoms. The van der Waals surface area contributed by atoms with Crippen LogP contribution in [0.4, 0.5) is 19.0 Å². The fourth-order valence-electron chi connectivity index (χ4n) is 4.95. The van der Waals surface area contributed by atoms with Crippen LogP contribution < -0.4 is 20.1 Å². The van der Waals surface area contributed by atoms with E-state index in [1.807, 2.05) is 18.2 Å². The first-order chi connectivity index (χ1) is 21.0. The maximum Gasteiger partial charge on any atom is 0.416 e. The number of aliphatic carboxylic acids is 1. The lowest BCUT2D eigenvalue weighted by Gasteiger charge is -2.35. The Morgan fingerprint density at radius 1 is 0.909 bits per heavy atom. The molecule has 2 heterocycles. The number of halogens is 3. The van der Waals surface area contributed by atoms with Crippen molar-refractivity contribution in [1.29, 1.82) is 0 Å². The number of anilines is 1. The molecule has 1 fully saturated rings. The van der Waals surface area contributed by atoms with Gasteiger partial charge in [0.1, 0.15) is 17.3 Å². The number of carboxylic acid groups (broad SMARTS) is 1. The maximum absolute atomic E-state index is 12.9. The number of rotatable bonds is 10. The van der Waals surface area contributed by atoms with Gasteiger partial charge in [-0.05, 0) is 54.4 Å². The van der Waals surface area contributed by atoms with E-state index in [1.54, 1.807) is 30.3 Å². The number of H-pyrrole nitrogens is 1. The molecular formula is C32H31F3N4O5. The summed E-state index contributed by atoms with van der Waals surface area (Å²) in [5.41, 5.74) is -1.32. The molecule has 3 aromatic carbocycles. The fraction of sp³-hybridized carbons (Fsp3) is 0.281. The molecule has 1 aliphatic heterocycles. The highest BCUT2D eigenvalue weighted by Crippen LogP contribution is 2.32. The lowest BCUT2D eigenvalue weighted by atomic mass is 9.96. The zero-order valence-corrected chi connectivity index (χ0v) is 23.9. The number of carbonyl (C=O) groups is 1. The second-order valence-electron chi connectivity index (χ2n) is 10.7. The Bertz CT molecular complexity index is 1620. The standard InChI is InChI=1S/C32H31F3N4O5/c1-31(29(40)41,44-26-13-9-24(10-14-26)32(33,34)35)20-22-7-11-25(12-8-22)43-28-19-27(36-30(42)37-28)39-17-15-38(16-18-39)21-23-5-3-2-4-6-23/h2-14,19H,15-18,20-21H2,1H3,(H,40,41)(H,36,37,42). The van der Waals surface area contributed by atoms with E-state index in [-0.39, 0.29) is 18.1 Å². The summed E-state index contributed by atoms with van der Waals surface area (Å²) < 4.78 is 50.1. The van der Waals surface area contributed by atoms with Gasteiger partial charge in [-0.3, -0.25) is 9.88 Å². The first-order valence-corrected chi connectivity index (χ1v) is 14.0. The van der Waals surface area contributed by atoms with Gasteiger partial charge in [0.15, 0.2) is 0 Å². The molecule has 1 aromatic heterocycles. The molecule has 9 nitrogen and oxygen atoms in total. The van der Waals surface area contributed by atoms with Gasteiger partial charge in [0.2, 0.25) is 11.5 Å². The molecule has 1 unspecified atom stereocenters. The second-order valence-corrected chi connectivity index (χ2v) is 10.7. The summed E-state index contributed by atoms with van der Waals surface area (Å²) in [5, 5.41) is 9.85. The Kier molecular flexibility index (Phi) is 8.91. The van der Waals surface area contributed by atoms with Gasteiger partial charge in [0.25, 0.3) is 0 Å². The number of nitrogens with one attached hydrogen (secondary N) is 1. The number of hydrogen-bond donors (Lipinski definition) is 2. The molecule has 230 valence electrons. The molecule has 1 saturated heterocycles. The molecule has 2 N–H and O–H groups in total. The molecular weight excluding hydrogens is 577 g/mol. The maximum atomic E-state index is 12.9. The van der Waals surface area contributed by atoms with Crippen molar-refractivity contribution in [3.05, 3.63) is 112 Å². The first-order valence-electron chi connectivity index (χ1n) is 14.0. The van der Waals surface area contributed by atoms with E-state index in [2.05, 4.69) is 31.9 Å². The number of benzene rings is 3. The monoisotopic (exact) mass is 608 g/mol. The van der Waals surface area contributed by atoms with E-state index >= 15 is 0 Å². The van der Waals surface area contributed by atoms with Crippen LogP contribution in [0.15, 0.2) is 89.7 Å². The Hall–Kier alpha value is -4.84. The van der Waals surface area contributed by atoms with Crippen LogP contribution in [-0.2, 0) is 23.9 Å². The topological polar surface area (TPSA) is 108 Å². The van der Waals surface area contributed by atoms with Crippen molar-refractivity contribution >= 4 is 11.8 Å². The summed E-state index contributed by atoms with van der Waals surface area (Å²) in [5.74, 6) is -0.181. The zero-order chi connectivity index (χ0) is 31.3. The third kappa shape index (κ3) is 7.75. The van der Waals surface area contributed by atoms with Crippen molar-refractivity contribution in [2.75, 3.05) is 31.1 Å². The Balaban J connectivity index is 1.21. The average molecular weight is 609 g/mol. The van der Waals surface area contributed by atoms with E-state index in [0.717, 1.165) is 57.0 Å². The van der Waals surface area contributed by atoms with Crippen molar-refractivity contribution in [1.82, 2.24) is 14.9 Å². The summed E-state index contributed by atoms with van der Waals surface area (Å²) in [6.45, 7) is 5.30. The molecule has 5 rings (SSSR count). The van der Waals surface area contributed by atoms with Crippen molar-refractivity contribution in [2.45, 2.75) is 31.7 Å². The van der Waals surface area contributed by atoms with Crippen molar-refractivity contribution in [3.63, 3.8) is 0 Å². The molecule has 0 amide bonds. The highest BCUT2D eigenvalue weighted by Gasteiger charge is 2.37. The van der Waals surface area contributed by atoms with Crippen LogP contribution in [0.1, 0.15) is 23.6 Å². The lowest BCUT2D eigenvalue weighted by molar-refractivity contribution is -0.153. The molecule has 4 aromatic rings. The van der Waals surface area contributed by atoms with E-state index in [9.17, 15) is 27.9 Å². The number of aromatic nitrogens is 2. The predicted molar refractivity (Wildman–Crippen MR) is 157 cm³/mol. The molecule has 1 atom stereocenters. The molecule has 12 heteroatoms. The average Bonchev–Trinajstić information content (AvgIpc) is 2.98. The summed E-state index contributed by atoms with van der Waals surface area (Å²) in [6.07, 6.45) is -4.59. The van der Waals surface area contributed by atoms with Crippen molar-refractivity contribution < 1.29 is 32.5 Å². The molecule has 0 aliphatic carbocycles. The minimum absolute atomic E-state index is 0.00311. The number of hydrogen-bond acceptors (Lipinski definition) is 7. The van der Waals surface area contributed by atoms with Gasteiger partial charge in [-0.1, -0.05) is 42.5 Å². The first kappa shape index (κ1) is 30.6. The number of carboxylic acids is 1.